The molecule has 0 radical (unpaired) electrons. The summed E-state index contributed by atoms with van der Waals surface area (Å²) in [6.45, 7) is 14.3. The molecule has 96 valence electrons. The molecule has 2 nitrogen and oxygen atoms in total. The number of halogens is 2. The summed E-state index contributed by atoms with van der Waals surface area (Å²) in [5.74, 6) is 0. The molecule has 0 aliphatic carbocycles. The van der Waals surface area contributed by atoms with Gasteiger partial charge in [0.2, 0.25) is 0 Å². The zero-order valence-corrected chi connectivity index (χ0v) is 10.1. The Morgan fingerprint density at radius 2 is 0.941 bits per heavy atom. The molecule has 0 saturated carbocycles. The van der Waals surface area contributed by atoms with Gasteiger partial charge in [-0.05, 0) is 0 Å². The lowest BCUT2D eigenvalue weighted by atomic mass is 10.4. The van der Waals surface area contributed by atoms with E-state index in [4.69, 9.17) is 0 Å². The van der Waals surface area contributed by atoms with Gasteiger partial charge in [0.15, 0.2) is 0 Å². The van der Waals surface area contributed by atoms with Crippen LogP contribution in [0.3, 0.4) is 0 Å². The van der Waals surface area contributed by atoms with Crippen molar-refractivity contribution in [3.05, 3.63) is 50.6 Å². The highest BCUT2D eigenvalue weighted by atomic mass is 19.3. The Balaban J connectivity index is 4.94. The molecule has 0 aromatic heterocycles. The van der Waals surface area contributed by atoms with Crippen LogP contribution < -0.4 is 0 Å². The van der Waals surface area contributed by atoms with E-state index in [0.717, 1.165) is 9.80 Å². The van der Waals surface area contributed by atoms with Crippen molar-refractivity contribution in [1.29, 1.82) is 0 Å². The van der Waals surface area contributed by atoms with Crippen molar-refractivity contribution in [2.75, 3.05) is 26.2 Å². The molecule has 0 aliphatic heterocycles. The largest absolute Gasteiger partial charge is 0.370 e. The first-order chi connectivity index (χ1) is 8.04. The van der Waals surface area contributed by atoms with Gasteiger partial charge >= 0.3 is 6.17 Å². The molecule has 0 atom stereocenters. The summed E-state index contributed by atoms with van der Waals surface area (Å²) < 4.78 is 28.3. The Labute approximate surface area is 102 Å². The molecule has 0 heterocycles. The van der Waals surface area contributed by atoms with Crippen LogP contribution >= 0.6 is 0 Å². The minimum Gasteiger partial charge on any atom is -0.223 e. The minimum atomic E-state index is -3.08. The molecule has 0 fully saturated rings. The van der Waals surface area contributed by atoms with Crippen molar-refractivity contribution >= 4 is 0 Å². The number of hydrogen-bond donors (Lipinski definition) is 0. The monoisotopic (exact) mass is 242 g/mol. The summed E-state index contributed by atoms with van der Waals surface area (Å²) in [6.07, 6.45) is 2.69. The molecule has 0 rings (SSSR count). The quantitative estimate of drug-likeness (QED) is 0.330. The van der Waals surface area contributed by atoms with E-state index >= 15 is 0 Å². The number of alkyl halides is 2. The lowest BCUT2D eigenvalue weighted by Crippen LogP contribution is -2.55. The summed E-state index contributed by atoms with van der Waals surface area (Å²) in [4.78, 5) is 1.97. The molecule has 0 spiro atoms. The normalized spacial score (nSPS) is 11.5. The summed E-state index contributed by atoms with van der Waals surface area (Å²) in [5.41, 5.74) is 0. The van der Waals surface area contributed by atoms with Crippen molar-refractivity contribution in [3.8, 4) is 0 Å². The topological polar surface area (TPSA) is 6.48 Å². The van der Waals surface area contributed by atoms with E-state index in [2.05, 4.69) is 26.3 Å². The first kappa shape index (κ1) is 15.7. The van der Waals surface area contributed by atoms with Gasteiger partial charge in [0, 0.05) is 26.2 Å². The molecule has 0 aliphatic rings. The maximum atomic E-state index is 14.2. The fraction of sp³-hybridized carbons (Fsp3) is 0.385. The van der Waals surface area contributed by atoms with Crippen LogP contribution in [0.25, 0.3) is 0 Å². The highest BCUT2D eigenvalue weighted by Crippen LogP contribution is 2.24. The molecule has 0 aromatic carbocycles. The van der Waals surface area contributed by atoms with Crippen LogP contribution in [0.15, 0.2) is 50.6 Å². The third kappa shape index (κ3) is 4.63. The molecule has 0 bridgehead atoms. The second kappa shape index (κ2) is 7.92. The Bertz CT molecular complexity index is 229. The molecule has 0 unspecified atom stereocenters. The fourth-order valence-electron chi connectivity index (χ4n) is 1.41. The van der Waals surface area contributed by atoms with Gasteiger partial charge in [-0.15, -0.1) is 26.3 Å². The number of hydrogen-bond acceptors (Lipinski definition) is 2. The van der Waals surface area contributed by atoms with Gasteiger partial charge in [-0.1, -0.05) is 24.3 Å². The van der Waals surface area contributed by atoms with Gasteiger partial charge in [-0.3, -0.25) is 0 Å². The van der Waals surface area contributed by atoms with Crippen LogP contribution in [0.2, 0.25) is 0 Å². The Hall–Kier alpha value is -1.26. The first-order valence-electron chi connectivity index (χ1n) is 5.36. The van der Waals surface area contributed by atoms with E-state index in [0.29, 0.717) is 0 Å². The van der Waals surface area contributed by atoms with Gasteiger partial charge in [-0.25, -0.2) is 9.80 Å². The van der Waals surface area contributed by atoms with Gasteiger partial charge in [0.25, 0.3) is 0 Å². The standard InChI is InChI=1S/C13H20F2N2/c1-5-9-16(10-6-2)13(14,15)17(11-7-3)12-8-4/h5-8H,1-4,9-12H2. The van der Waals surface area contributed by atoms with Crippen molar-refractivity contribution in [3.63, 3.8) is 0 Å². The number of rotatable bonds is 10. The van der Waals surface area contributed by atoms with E-state index in [1.54, 1.807) is 0 Å². The molecule has 0 amide bonds. The summed E-state index contributed by atoms with van der Waals surface area (Å²) in [7, 11) is 0. The highest BCUT2D eigenvalue weighted by molar-refractivity contribution is 4.89. The van der Waals surface area contributed by atoms with Gasteiger partial charge in [0.1, 0.15) is 0 Å². The third-order valence-corrected chi connectivity index (χ3v) is 2.16. The van der Waals surface area contributed by atoms with Gasteiger partial charge in [0.05, 0.1) is 0 Å². The van der Waals surface area contributed by atoms with Crippen molar-refractivity contribution in [2.45, 2.75) is 6.17 Å². The van der Waals surface area contributed by atoms with Crippen LogP contribution in [-0.4, -0.2) is 42.1 Å². The SMILES string of the molecule is C=CCN(CC=C)C(F)(F)N(CC=C)CC=C. The Morgan fingerprint density at radius 1 is 0.706 bits per heavy atom. The Kier molecular flexibility index (Phi) is 7.34. The van der Waals surface area contributed by atoms with E-state index in [9.17, 15) is 8.78 Å². The smallest absolute Gasteiger partial charge is 0.223 e. The fourth-order valence-corrected chi connectivity index (χ4v) is 1.41. The molecular formula is C13H20F2N2. The van der Waals surface area contributed by atoms with Crippen LogP contribution in [0.4, 0.5) is 8.78 Å². The molecule has 0 aromatic rings. The summed E-state index contributed by atoms with van der Waals surface area (Å²) in [6, 6.07) is 0. The predicted octanol–water partition coefficient (Wildman–Crippen LogP) is 2.88. The molecule has 4 heteroatoms. The Morgan fingerprint density at radius 3 is 1.12 bits per heavy atom. The predicted molar refractivity (Wildman–Crippen MR) is 68.9 cm³/mol. The third-order valence-electron chi connectivity index (χ3n) is 2.16. The van der Waals surface area contributed by atoms with Crippen LogP contribution in [0.1, 0.15) is 0 Å². The average molecular weight is 242 g/mol. The minimum absolute atomic E-state index is 0.0871. The zero-order valence-electron chi connectivity index (χ0n) is 10.1. The maximum absolute atomic E-state index is 14.2. The summed E-state index contributed by atoms with van der Waals surface area (Å²) in [5, 5.41) is 0. The summed E-state index contributed by atoms with van der Waals surface area (Å²) >= 11 is 0. The van der Waals surface area contributed by atoms with Crippen molar-refractivity contribution < 1.29 is 8.78 Å². The van der Waals surface area contributed by atoms with E-state index in [-0.39, 0.29) is 26.2 Å². The first-order valence-corrected chi connectivity index (χ1v) is 5.36. The molecule has 0 saturated heterocycles. The lowest BCUT2D eigenvalue weighted by molar-refractivity contribution is -0.239. The maximum Gasteiger partial charge on any atom is 0.370 e. The molecule has 17 heavy (non-hydrogen) atoms. The van der Waals surface area contributed by atoms with Gasteiger partial charge < -0.3 is 0 Å². The van der Waals surface area contributed by atoms with E-state index in [1.165, 1.54) is 24.3 Å². The number of nitrogens with zero attached hydrogens (tertiary/aromatic N) is 2. The van der Waals surface area contributed by atoms with Crippen LogP contribution in [-0.2, 0) is 0 Å². The lowest BCUT2D eigenvalue weighted by Gasteiger charge is -2.37. The van der Waals surface area contributed by atoms with E-state index < -0.39 is 6.17 Å². The second-order valence-corrected chi connectivity index (χ2v) is 3.47. The second-order valence-electron chi connectivity index (χ2n) is 3.47. The van der Waals surface area contributed by atoms with E-state index in [1.807, 2.05) is 0 Å². The van der Waals surface area contributed by atoms with Crippen molar-refractivity contribution in [2.24, 2.45) is 0 Å². The van der Waals surface area contributed by atoms with Crippen LogP contribution in [0, 0.1) is 0 Å². The molecule has 0 N–H and O–H groups in total. The van der Waals surface area contributed by atoms with Gasteiger partial charge in [-0.2, -0.15) is 8.78 Å². The van der Waals surface area contributed by atoms with Crippen molar-refractivity contribution in [1.82, 2.24) is 9.80 Å². The molecular weight excluding hydrogens is 222 g/mol. The zero-order chi connectivity index (χ0) is 13.3. The van der Waals surface area contributed by atoms with Crippen LogP contribution in [0.5, 0.6) is 0 Å². The average Bonchev–Trinajstić information content (AvgIpc) is 2.28. The highest BCUT2D eigenvalue weighted by Gasteiger charge is 2.41.